The van der Waals surface area contributed by atoms with Gasteiger partial charge < -0.3 is 9.21 Å². The van der Waals surface area contributed by atoms with E-state index in [0.717, 1.165) is 5.76 Å². The van der Waals surface area contributed by atoms with Gasteiger partial charge in [-0.1, -0.05) is 0 Å². The van der Waals surface area contributed by atoms with Crippen molar-refractivity contribution in [3.05, 3.63) is 29.7 Å². The SMILES string of the molecule is CC(=O)CCC(=O)/C=C/c1ccc(C)o1. The van der Waals surface area contributed by atoms with Gasteiger partial charge in [0.25, 0.3) is 0 Å². The van der Waals surface area contributed by atoms with Crippen LogP contribution in [0.2, 0.25) is 0 Å². The minimum absolute atomic E-state index is 0.0330. The predicted octanol–water partition coefficient (Wildman–Crippen LogP) is 2.54. The van der Waals surface area contributed by atoms with Gasteiger partial charge in [0.2, 0.25) is 0 Å². The number of Topliss-reactive ketones (excluding diaryl/α,β-unsaturated/α-hetero) is 1. The number of carbonyl (C=O) groups is 2. The summed E-state index contributed by atoms with van der Waals surface area (Å²) in [5.41, 5.74) is 0. The molecule has 1 rings (SSSR count). The van der Waals surface area contributed by atoms with Crippen molar-refractivity contribution in [2.45, 2.75) is 26.7 Å². The second kappa shape index (κ2) is 5.29. The Kier molecular flexibility index (Phi) is 4.03. The van der Waals surface area contributed by atoms with Gasteiger partial charge in [-0.3, -0.25) is 4.79 Å². The van der Waals surface area contributed by atoms with E-state index < -0.39 is 0 Å². The molecule has 3 nitrogen and oxygen atoms in total. The minimum Gasteiger partial charge on any atom is -0.462 e. The number of hydrogen-bond donors (Lipinski definition) is 0. The zero-order valence-electron chi connectivity index (χ0n) is 8.95. The monoisotopic (exact) mass is 206 g/mol. The molecular weight excluding hydrogens is 192 g/mol. The molecule has 0 saturated carbocycles. The van der Waals surface area contributed by atoms with E-state index in [2.05, 4.69) is 0 Å². The number of furan rings is 1. The molecule has 0 fully saturated rings. The second-order valence-electron chi connectivity index (χ2n) is 3.45. The number of ketones is 2. The van der Waals surface area contributed by atoms with Gasteiger partial charge in [-0.15, -0.1) is 0 Å². The molecular formula is C12H14O3. The van der Waals surface area contributed by atoms with E-state index >= 15 is 0 Å². The Hall–Kier alpha value is -1.64. The normalized spacial score (nSPS) is 10.8. The number of aryl methyl sites for hydroxylation is 1. The number of hydrogen-bond acceptors (Lipinski definition) is 3. The van der Waals surface area contributed by atoms with Crippen molar-refractivity contribution in [1.29, 1.82) is 0 Å². The van der Waals surface area contributed by atoms with Crippen molar-refractivity contribution in [3.8, 4) is 0 Å². The van der Waals surface area contributed by atoms with Crippen molar-refractivity contribution in [3.63, 3.8) is 0 Å². The fourth-order valence-corrected chi connectivity index (χ4v) is 1.10. The summed E-state index contributed by atoms with van der Waals surface area (Å²) in [5, 5.41) is 0. The van der Waals surface area contributed by atoms with Crippen LogP contribution in [-0.2, 0) is 9.59 Å². The molecule has 0 saturated heterocycles. The summed E-state index contributed by atoms with van der Waals surface area (Å²) in [6, 6.07) is 3.63. The van der Waals surface area contributed by atoms with Gasteiger partial charge in [-0.25, -0.2) is 0 Å². The zero-order valence-corrected chi connectivity index (χ0v) is 8.95. The lowest BCUT2D eigenvalue weighted by atomic mass is 10.1. The topological polar surface area (TPSA) is 47.3 Å². The standard InChI is InChI=1S/C12H14O3/c1-9(13)3-5-11(14)6-8-12-7-4-10(2)15-12/h4,6-8H,3,5H2,1-2H3/b8-6+. The Morgan fingerprint density at radius 2 is 2.07 bits per heavy atom. The third-order valence-electron chi connectivity index (χ3n) is 1.92. The molecule has 1 aromatic heterocycles. The molecule has 0 aliphatic heterocycles. The van der Waals surface area contributed by atoms with Crippen LogP contribution in [0.3, 0.4) is 0 Å². The average Bonchev–Trinajstić information content (AvgIpc) is 2.58. The van der Waals surface area contributed by atoms with Crippen LogP contribution in [0.4, 0.5) is 0 Å². The fraction of sp³-hybridized carbons (Fsp3) is 0.333. The molecule has 0 aliphatic carbocycles. The van der Waals surface area contributed by atoms with Gasteiger partial charge in [-0.05, 0) is 38.1 Å². The molecule has 80 valence electrons. The maximum atomic E-state index is 11.2. The summed E-state index contributed by atoms with van der Waals surface area (Å²) in [6.07, 6.45) is 3.64. The van der Waals surface area contributed by atoms with Crippen molar-refractivity contribution in [1.82, 2.24) is 0 Å². The van der Waals surface area contributed by atoms with Gasteiger partial charge in [0.05, 0.1) is 0 Å². The van der Waals surface area contributed by atoms with Crippen LogP contribution < -0.4 is 0 Å². The smallest absolute Gasteiger partial charge is 0.156 e. The average molecular weight is 206 g/mol. The Morgan fingerprint density at radius 3 is 2.60 bits per heavy atom. The highest BCUT2D eigenvalue weighted by Crippen LogP contribution is 2.08. The van der Waals surface area contributed by atoms with E-state index in [0.29, 0.717) is 12.2 Å². The van der Waals surface area contributed by atoms with Crippen LogP contribution in [0.15, 0.2) is 22.6 Å². The van der Waals surface area contributed by atoms with Crippen molar-refractivity contribution < 1.29 is 14.0 Å². The molecule has 0 bridgehead atoms. The predicted molar refractivity (Wildman–Crippen MR) is 57.4 cm³/mol. The number of allylic oxidation sites excluding steroid dienone is 1. The van der Waals surface area contributed by atoms with E-state index in [4.69, 9.17) is 4.42 Å². The Morgan fingerprint density at radius 1 is 1.33 bits per heavy atom. The van der Waals surface area contributed by atoms with Crippen LogP contribution in [0.1, 0.15) is 31.3 Å². The highest BCUT2D eigenvalue weighted by molar-refractivity contribution is 5.95. The lowest BCUT2D eigenvalue weighted by molar-refractivity contribution is -0.120. The molecule has 15 heavy (non-hydrogen) atoms. The molecule has 0 aliphatic rings. The molecule has 0 unspecified atom stereocenters. The van der Waals surface area contributed by atoms with Crippen molar-refractivity contribution >= 4 is 17.6 Å². The van der Waals surface area contributed by atoms with E-state index in [1.54, 1.807) is 12.1 Å². The van der Waals surface area contributed by atoms with Crippen LogP contribution >= 0.6 is 0 Å². The van der Waals surface area contributed by atoms with Gasteiger partial charge in [0, 0.05) is 12.8 Å². The first kappa shape index (κ1) is 11.4. The summed E-state index contributed by atoms with van der Waals surface area (Å²) in [5.74, 6) is 1.44. The first-order valence-electron chi connectivity index (χ1n) is 4.84. The van der Waals surface area contributed by atoms with Gasteiger partial charge in [0.15, 0.2) is 5.78 Å². The quantitative estimate of drug-likeness (QED) is 0.695. The third kappa shape index (κ3) is 4.40. The number of carbonyl (C=O) groups excluding carboxylic acids is 2. The lowest BCUT2D eigenvalue weighted by Crippen LogP contribution is -1.97. The van der Waals surface area contributed by atoms with E-state index in [1.807, 2.05) is 13.0 Å². The molecule has 0 aromatic carbocycles. The van der Waals surface area contributed by atoms with Crippen LogP contribution in [0.5, 0.6) is 0 Å². The first-order valence-corrected chi connectivity index (χ1v) is 4.84. The van der Waals surface area contributed by atoms with Gasteiger partial charge >= 0.3 is 0 Å². The van der Waals surface area contributed by atoms with Crippen LogP contribution in [0, 0.1) is 6.92 Å². The van der Waals surface area contributed by atoms with E-state index in [9.17, 15) is 9.59 Å². The van der Waals surface area contributed by atoms with Crippen LogP contribution in [-0.4, -0.2) is 11.6 Å². The molecule has 0 amide bonds. The Bertz CT molecular complexity index is 385. The molecule has 1 heterocycles. The maximum absolute atomic E-state index is 11.2. The Labute approximate surface area is 88.8 Å². The molecule has 0 radical (unpaired) electrons. The van der Waals surface area contributed by atoms with Crippen molar-refractivity contribution in [2.75, 3.05) is 0 Å². The molecule has 0 spiro atoms. The second-order valence-corrected chi connectivity index (χ2v) is 3.45. The molecule has 0 N–H and O–H groups in total. The Balaban J connectivity index is 2.44. The summed E-state index contributed by atoms with van der Waals surface area (Å²) in [7, 11) is 0. The maximum Gasteiger partial charge on any atom is 0.156 e. The summed E-state index contributed by atoms with van der Waals surface area (Å²) >= 11 is 0. The molecule has 0 atom stereocenters. The van der Waals surface area contributed by atoms with Crippen LogP contribution in [0.25, 0.3) is 6.08 Å². The van der Waals surface area contributed by atoms with Crippen molar-refractivity contribution in [2.24, 2.45) is 0 Å². The first-order chi connectivity index (χ1) is 7.08. The number of rotatable bonds is 5. The summed E-state index contributed by atoms with van der Waals surface area (Å²) in [4.78, 5) is 21.9. The van der Waals surface area contributed by atoms with E-state index in [1.165, 1.54) is 13.0 Å². The highest BCUT2D eigenvalue weighted by atomic mass is 16.3. The molecule has 3 heteroatoms. The van der Waals surface area contributed by atoms with E-state index in [-0.39, 0.29) is 18.0 Å². The van der Waals surface area contributed by atoms with Gasteiger partial charge in [-0.2, -0.15) is 0 Å². The third-order valence-corrected chi connectivity index (χ3v) is 1.92. The summed E-state index contributed by atoms with van der Waals surface area (Å²) < 4.78 is 5.25. The fourth-order valence-electron chi connectivity index (χ4n) is 1.10. The highest BCUT2D eigenvalue weighted by Gasteiger charge is 2.00. The largest absolute Gasteiger partial charge is 0.462 e. The lowest BCUT2D eigenvalue weighted by Gasteiger charge is -1.90. The summed E-state index contributed by atoms with van der Waals surface area (Å²) in [6.45, 7) is 3.32. The minimum atomic E-state index is -0.0562. The zero-order chi connectivity index (χ0) is 11.3. The molecule has 1 aromatic rings. The van der Waals surface area contributed by atoms with Gasteiger partial charge in [0.1, 0.15) is 17.3 Å².